The molecule has 1 amide bonds. The molecule has 0 aliphatic carbocycles. The van der Waals surface area contributed by atoms with E-state index in [1.165, 1.54) is 10.7 Å². The summed E-state index contributed by atoms with van der Waals surface area (Å²) in [7, 11) is 0. The van der Waals surface area contributed by atoms with E-state index < -0.39 is 0 Å². The molecule has 2 aliphatic heterocycles. The zero-order valence-electron chi connectivity index (χ0n) is 19.2. The Morgan fingerprint density at radius 2 is 1.97 bits per heavy atom. The normalized spacial score (nSPS) is 18.0. The van der Waals surface area contributed by atoms with Gasteiger partial charge in [0.2, 0.25) is 11.8 Å². The molecule has 0 N–H and O–H groups in total. The van der Waals surface area contributed by atoms with E-state index >= 15 is 0 Å². The lowest BCUT2D eigenvalue weighted by molar-refractivity contribution is -0.135. The highest BCUT2D eigenvalue weighted by Crippen LogP contribution is 2.31. The van der Waals surface area contributed by atoms with E-state index in [0.29, 0.717) is 17.3 Å². The molecule has 4 heterocycles. The largest absolute Gasteiger partial charge is 0.342 e. The number of halogens is 2. The maximum absolute atomic E-state index is 14.6. The number of rotatable bonds is 5. The summed E-state index contributed by atoms with van der Waals surface area (Å²) < 4.78 is 21.7. The average Bonchev–Trinajstić information content (AvgIpc) is 3.36. The number of hydrogen-bond donors (Lipinski definition) is 0. The molecule has 3 aromatic rings. The van der Waals surface area contributed by atoms with Gasteiger partial charge >= 0.3 is 0 Å². The fourth-order valence-electron chi connectivity index (χ4n) is 4.87. The number of likely N-dealkylation sites (tertiary alicyclic amines) is 2. The number of piperidine rings is 1. The Balaban J connectivity index is 0.00000259. The molecule has 0 atom stereocenters. The topological polar surface area (TPSA) is 80.3 Å². The minimum absolute atomic E-state index is 0. The number of para-hydroxylation sites is 1. The number of aromatic nitrogens is 4. The van der Waals surface area contributed by atoms with Crippen molar-refractivity contribution in [2.45, 2.75) is 45.4 Å². The van der Waals surface area contributed by atoms with Crippen LogP contribution in [0.15, 0.2) is 22.7 Å². The van der Waals surface area contributed by atoms with Crippen LogP contribution in [0, 0.1) is 11.7 Å². The molecule has 2 aromatic heterocycles. The Bertz CT molecular complexity index is 1130. The molecule has 178 valence electrons. The molecule has 2 saturated heterocycles. The Hall–Kier alpha value is -2.52. The quantitative estimate of drug-likeness (QED) is 0.558. The van der Waals surface area contributed by atoms with Gasteiger partial charge in [-0.2, -0.15) is 14.8 Å². The number of amides is 1. The van der Waals surface area contributed by atoms with Gasteiger partial charge in [0.25, 0.3) is 5.95 Å². The fourth-order valence-corrected chi connectivity index (χ4v) is 4.87. The summed E-state index contributed by atoms with van der Waals surface area (Å²) >= 11 is 0. The summed E-state index contributed by atoms with van der Waals surface area (Å²) in [5.41, 5.74) is 1.21. The Morgan fingerprint density at radius 1 is 1.24 bits per heavy atom. The SMILES string of the molecule is CC(=O)N1CC(CN2CCC(c3nc(-n4nc(C(C)C)c5cccc(F)c54)no3)CC2)C1.Cl. The molecule has 8 nitrogen and oxygen atoms in total. The third-order valence-corrected chi connectivity index (χ3v) is 6.71. The lowest BCUT2D eigenvalue weighted by atomic mass is 9.94. The molecule has 33 heavy (non-hydrogen) atoms. The van der Waals surface area contributed by atoms with Crippen LogP contribution >= 0.6 is 12.4 Å². The van der Waals surface area contributed by atoms with E-state index in [4.69, 9.17) is 4.52 Å². The van der Waals surface area contributed by atoms with E-state index in [1.54, 1.807) is 13.0 Å². The fraction of sp³-hybridized carbons (Fsp3) is 0.565. The summed E-state index contributed by atoms with van der Waals surface area (Å²) in [6.45, 7) is 10.4. The monoisotopic (exact) mass is 476 g/mol. The minimum atomic E-state index is -0.346. The van der Waals surface area contributed by atoms with Gasteiger partial charge in [0, 0.05) is 43.8 Å². The second-order valence-corrected chi connectivity index (χ2v) is 9.39. The second-order valence-electron chi connectivity index (χ2n) is 9.39. The van der Waals surface area contributed by atoms with Crippen LogP contribution in [0.5, 0.6) is 0 Å². The van der Waals surface area contributed by atoms with Gasteiger partial charge in [0.05, 0.1) is 5.69 Å². The van der Waals surface area contributed by atoms with E-state index in [2.05, 4.69) is 20.1 Å². The molecule has 0 saturated carbocycles. The first-order valence-corrected chi connectivity index (χ1v) is 11.4. The summed E-state index contributed by atoms with van der Waals surface area (Å²) in [4.78, 5) is 20.3. The van der Waals surface area contributed by atoms with Gasteiger partial charge < -0.3 is 14.3 Å². The number of benzene rings is 1. The Labute approximate surface area is 198 Å². The third kappa shape index (κ3) is 4.48. The maximum Gasteiger partial charge on any atom is 0.291 e. The summed E-state index contributed by atoms with van der Waals surface area (Å²) in [6, 6.07) is 5.01. The van der Waals surface area contributed by atoms with Crippen molar-refractivity contribution in [2.24, 2.45) is 5.92 Å². The average molecular weight is 477 g/mol. The number of carbonyl (C=O) groups is 1. The summed E-state index contributed by atoms with van der Waals surface area (Å²) in [5, 5.41) is 9.53. The summed E-state index contributed by atoms with van der Waals surface area (Å²) in [6.07, 6.45) is 1.88. The highest BCUT2D eigenvalue weighted by Gasteiger charge is 2.32. The van der Waals surface area contributed by atoms with Crippen molar-refractivity contribution in [3.05, 3.63) is 35.6 Å². The first-order valence-electron chi connectivity index (χ1n) is 11.4. The maximum atomic E-state index is 14.6. The van der Waals surface area contributed by atoms with Crippen molar-refractivity contribution in [3.63, 3.8) is 0 Å². The predicted octanol–water partition coefficient (Wildman–Crippen LogP) is 3.75. The molecular formula is C23H30ClFN6O2. The van der Waals surface area contributed by atoms with Crippen molar-refractivity contribution < 1.29 is 13.7 Å². The summed E-state index contributed by atoms with van der Waals surface area (Å²) in [5.74, 6) is 1.61. The van der Waals surface area contributed by atoms with Crippen LogP contribution in [-0.4, -0.2) is 68.4 Å². The van der Waals surface area contributed by atoms with E-state index in [9.17, 15) is 9.18 Å². The van der Waals surface area contributed by atoms with Crippen molar-refractivity contribution in [1.82, 2.24) is 29.7 Å². The number of fused-ring (bicyclic) bond motifs is 1. The van der Waals surface area contributed by atoms with Crippen LogP contribution in [-0.2, 0) is 4.79 Å². The molecule has 0 bridgehead atoms. The van der Waals surface area contributed by atoms with Gasteiger partial charge in [-0.1, -0.05) is 26.0 Å². The zero-order valence-corrected chi connectivity index (χ0v) is 20.0. The van der Waals surface area contributed by atoms with Crippen LogP contribution in [0.3, 0.4) is 0 Å². The molecule has 2 fully saturated rings. The first kappa shape index (κ1) is 23.6. The standard InChI is InChI=1S/C23H29FN6O2.ClH/c1-14(2)20-18-5-4-6-19(24)21(18)30(26-20)23-25-22(32-27-23)17-7-9-28(10-8-17)11-16-12-29(13-16)15(3)31;/h4-6,14,16-17H,7-13H2,1-3H3;1H. The van der Waals surface area contributed by atoms with E-state index in [0.717, 1.165) is 56.6 Å². The first-order chi connectivity index (χ1) is 15.4. The van der Waals surface area contributed by atoms with Crippen LogP contribution in [0.2, 0.25) is 0 Å². The van der Waals surface area contributed by atoms with Crippen molar-refractivity contribution in [3.8, 4) is 5.95 Å². The van der Waals surface area contributed by atoms with Gasteiger partial charge in [-0.15, -0.1) is 12.4 Å². The minimum Gasteiger partial charge on any atom is -0.342 e. The smallest absolute Gasteiger partial charge is 0.291 e. The van der Waals surface area contributed by atoms with Crippen LogP contribution in [0.25, 0.3) is 16.9 Å². The van der Waals surface area contributed by atoms with Crippen LogP contribution in [0.1, 0.15) is 57.0 Å². The van der Waals surface area contributed by atoms with Gasteiger partial charge in [-0.05, 0) is 43.1 Å². The number of nitrogens with zero attached hydrogens (tertiary/aromatic N) is 6. The molecule has 0 radical (unpaired) electrons. The Kier molecular flexibility index (Phi) is 6.72. The second kappa shape index (κ2) is 9.38. The van der Waals surface area contributed by atoms with Crippen LogP contribution < -0.4 is 0 Å². The molecular weight excluding hydrogens is 447 g/mol. The Morgan fingerprint density at radius 3 is 2.64 bits per heavy atom. The molecule has 0 unspecified atom stereocenters. The lowest BCUT2D eigenvalue weighted by Crippen LogP contribution is -2.53. The highest BCUT2D eigenvalue weighted by molar-refractivity contribution is 5.85. The number of hydrogen-bond acceptors (Lipinski definition) is 6. The molecule has 2 aliphatic rings. The van der Waals surface area contributed by atoms with Crippen molar-refractivity contribution in [1.29, 1.82) is 0 Å². The predicted molar refractivity (Wildman–Crippen MR) is 124 cm³/mol. The van der Waals surface area contributed by atoms with Gasteiger partial charge in [0.1, 0.15) is 11.3 Å². The molecule has 0 spiro atoms. The van der Waals surface area contributed by atoms with Crippen molar-refractivity contribution in [2.75, 3.05) is 32.7 Å². The van der Waals surface area contributed by atoms with E-state index in [1.807, 2.05) is 24.8 Å². The van der Waals surface area contributed by atoms with Crippen molar-refractivity contribution >= 4 is 29.2 Å². The molecule has 10 heteroatoms. The highest BCUT2D eigenvalue weighted by atomic mass is 35.5. The van der Waals surface area contributed by atoms with Crippen LogP contribution in [0.4, 0.5) is 4.39 Å². The number of carbonyl (C=O) groups excluding carboxylic acids is 1. The van der Waals surface area contributed by atoms with Gasteiger partial charge in [0.15, 0.2) is 0 Å². The third-order valence-electron chi connectivity index (χ3n) is 6.71. The molecule has 1 aromatic carbocycles. The van der Waals surface area contributed by atoms with Gasteiger partial charge in [-0.3, -0.25) is 4.79 Å². The van der Waals surface area contributed by atoms with E-state index in [-0.39, 0.29) is 41.9 Å². The lowest BCUT2D eigenvalue weighted by Gasteiger charge is -2.42. The zero-order chi connectivity index (χ0) is 22.4. The van der Waals surface area contributed by atoms with Gasteiger partial charge in [-0.25, -0.2) is 4.39 Å². The molecule has 5 rings (SSSR count).